The maximum atomic E-state index is 14.0. The number of hydrogen-bond donors (Lipinski definition) is 1. The highest BCUT2D eigenvalue weighted by Crippen LogP contribution is 2.37. The molecule has 198 valence electrons. The molecule has 0 amide bonds. The quantitative estimate of drug-likeness (QED) is 0.527. The third-order valence-corrected chi connectivity index (χ3v) is 8.52. The molecule has 1 N–H and O–H groups in total. The molecule has 8 heteroatoms. The van der Waals surface area contributed by atoms with E-state index in [1.54, 1.807) is 6.33 Å². The molecule has 0 saturated carbocycles. The fourth-order valence-corrected chi connectivity index (χ4v) is 6.47. The molecule has 2 aliphatic heterocycles. The van der Waals surface area contributed by atoms with E-state index in [-0.39, 0.29) is 12.5 Å². The molecule has 7 nitrogen and oxygen atoms in total. The number of alkyl halides is 1. The maximum absolute atomic E-state index is 14.0. The molecule has 1 unspecified atom stereocenters. The van der Waals surface area contributed by atoms with Crippen molar-refractivity contribution >= 4 is 16.7 Å². The number of anilines is 1. The second kappa shape index (κ2) is 10.6. The summed E-state index contributed by atoms with van der Waals surface area (Å²) in [5.74, 6) is 0.775. The first kappa shape index (κ1) is 25.2. The van der Waals surface area contributed by atoms with Gasteiger partial charge in [0.25, 0.3) is 0 Å². The van der Waals surface area contributed by atoms with E-state index in [1.807, 2.05) is 11.9 Å². The molecule has 3 aromatic rings. The first-order chi connectivity index (χ1) is 18.6. The second-order valence-corrected chi connectivity index (χ2v) is 10.9. The third-order valence-electron chi connectivity index (χ3n) is 8.52. The zero-order chi connectivity index (χ0) is 26.1. The lowest BCUT2D eigenvalue weighted by Gasteiger charge is -2.47. The normalized spacial score (nSPS) is 25.9. The third kappa shape index (κ3) is 4.64. The van der Waals surface area contributed by atoms with Gasteiger partial charge in [-0.2, -0.15) is 5.26 Å². The van der Waals surface area contributed by atoms with E-state index in [1.165, 1.54) is 35.1 Å². The number of aromatic nitrogens is 2. The first-order valence-electron chi connectivity index (χ1n) is 13.8. The molecule has 0 spiro atoms. The van der Waals surface area contributed by atoms with Gasteiger partial charge >= 0.3 is 0 Å². The smallest absolute Gasteiger partial charge is 0.167 e. The van der Waals surface area contributed by atoms with E-state index < -0.39 is 11.9 Å². The van der Waals surface area contributed by atoms with Crippen molar-refractivity contribution in [3.8, 4) is 17.2 Å². The van der Waals surface area contributed by atoms with Gasteiger partial charge in [0.1, 0.15) is 18.3 Å². The number of ether oxygens (including phenoxy) is 1. The molecule has 3 heterocycles. The van der Waals surface area contributed by atoms with Crippen LogP contribution in [-0.2, 0) is 17.6 Å². The number of nitriles is 1. The summed E-state index contributed by atoms with van der Waals surface area (Å²) in [6.07, 6.45) is 6.16. The number of fused-ring (bicyclic) bond motifs is 2. The van der Waals surface area contributed by atoms with Crippen LogP contribution in [0.5, 0.6) is 0 Å². The minimum atomic E-state index is -0.888. The van der Waals surface area contributed by atoms with Crippen LogP contribution in [0.1, 0.15) is 36.8 Å². The summed E-state index contributed by atoms with van der Waals surface area (Å²) in [6, 6.07) is 15.4. The van der Waals surface area contributed by atoms with Crippen LogP contribution in [-0.4, -0.2) is 72.6 Å². The molecule has 38 heavy (non-hydrogen) atoms. The molecule has 6 rings (SSSR count). The van der Waals surface area contributed by atoms with E-state index in [9.17, 15) is 9.65 Å². The van der Waals surface area contributed by atoms with Crippen LogP contribution in [0.25, 0.3) is 22.0 Å². The number of halogens is 1. The predicted octanol–water partition coefficient (Wildman–Crippen LogP) is 4.25. The Morgan fingerprint density at radius 2 is 2.11 bits per heavy atom. The van der Waals surface area contributed by atoms with Gasteiger partial charge in [-0.15, -0.1) is 0 Å². The number of piperazine rings is 1. The van der Waals surface area contributed by atoms with Crippen LogP contribution in [0.15, 0.2) is 42.7 Å². The molecular weight excluding hydrogens is 479 g/mol. The van der Waals surface area contributed by atoms with Crippen LogP contribution < -0.4 is 10.2 Å². The van der Waals surface area contributed by atoms with Crippen LogP contribution in [0.2, 0.25) is 0 Å². The van der Waals surface area contributed by atoms with Gasteiger partial charge in [-0.3, -0.25) is 4.90 Å². The monoisotopic (exact) mass is 514 g/mol. The molecule has 0 radical (unpaired) electrons. The molecule has 1 aliphatic carbocycles. The van der Waals surface area contributed by atoms with Gasteiger partial charge in [0.15, 0.2) is 5.72 Å². The summed E-state index contributed by atoms with van der Waals surface area (Å²) in [6.45, 7) is 2.68. The molecule has 1 aromatic heterocycles. The van der Waals surface area contributed by atoms with Crippen molar-refractivity contribution in [2.24, 2.45) is 0 Å². The van der Waals surface area contributed by atoms with Gasteiger partial charge in [0.2, 0.25) is 0 Å². The Balaban J connectivity index is 1.35. The summed E-state index contributed by atoms with van der Waals surface area (Å²) in [5, 5.41) is 14.2. The minimum Gasteiger partial charge on any atom is -0.351 e. The molecule has 2 fully saturated rings. The average Bonchev–Trinajstić information content (AvgIpc) is 3.28. The van der Waals surface area contributed by atoms with Gasteiger partial charge < -0.3 is 15.0 Å². The van der Waals surface area contributed by atoms with Crippen LogP contribution >= 0.6 is 0 Å². The number of aryl methyl sites for hydroxylation is 1. The molecule has 2 aromatic carbocycles. The zero-order valence-electron chi connectivity index (χ0n) is 22.0. The number of rotatable bonds is 6. The van der Waals surface area contributed by atoms with Crippen LogP contribution in [0, 0.1) is 11.3 Å². The van der Waals surface area contributed by atoms with Crippen molar-refractivity contribution in [1.29, 1.82) is 5.26 Å². The summed E-state index contributed by atoms with van der Waals surface area (Å²) in [4.78, 5) is 13.5. The summed E-state index contributed by atoms with van der Waals surface area (Å²) in [7, 11) is 1.93. The zero-order valence-corrected chi connectivity index (χ0v) is 22.0. The van der Waals surface area contributed by atoms with Crippen molar-refractivity contribution in [2.75, 3.05) is 44.7 Å². The van der Waals surface area contributed by atoms with Crippen molar-refractivity contribution < 1.29 is 9.13 Å². The highest BCUT2D eigenvalue weighted by Gasteiger charge is 2.43. The fraction of sp³-hybridized carbons (Fsp3) is 0.500. The lowest BCUT2D eigenvalue weighted by Crippen LogP contribution is -2.64. The molecule has 3 aliphatic rings. The number of nitrogens with one attached hydrogen (secondary N) is 1. The van der Waals surface area contributed by atoms with Crippen molar-refractivity contribution in [2.45, 2.75) is 56.5 Å². The first-order valence-corrected chi connectivity index (χ1v) is 13.8. The number of likely N-dealkylation sites (tertiary alicyclic amines) is 1. The van der Waals surface area contributed by atoms with E-state index in [4.69, 9.17) is 9.72 Å². The Hall–Kier alpha value is -3.12. The Morgan fingerprint density at radius 3 is 2.95 bits per heavy atom. The highest BCUT2D eigenvalue weighted by atomic mass is 19.1. The van der Waals surface area contributed by atoms with Crippen LogP contribution in [0.4, 0.5) is 10.2 Å². The van der Waals surface area contributed by atoms with Gasteiger partial charge in [0, 0.05) is 37.6 Å². The topological polar surface area (TPSA) is 77.3 Å². The number of hydrogen-bond acceptors (Lipinski definition) is 7. The predicted molar refractivity (Wildman–Crippen MR) is 147 cm³/mol. The Labute approximate surface area is 223 Å². The van der Waals surface area contributed by atoms with Crippen molar-refractivity contribution in [3.63, 3.8) is 0 Å². The fourth-order valence-electron chi connectivity index (χ4n) is 6.47. The molecular formula is C30H35FN6O. The minimum absolute atomic E-state index is 0.00848. The summed E-state index contributed by atoms with van der Waals surface area (Å²) in [5.41, 5.74) is 5.37. The second-order valence-electron chi connectivity index (χ2n) is 10.9. The number of likely N-dealkylation sites (N-methyl/N-ethyl adjacent to an activating group) is 1. The van der Waals surface area contributed by atoms with Gasteiger partial charge in [-0.1, -0.05) is 24.3 Å². The Kier molecular flexibility index (Phi) is 7.00. The highest BCUT2D eigenvalue weighted by molar-refractivity contribution is 5.93. The van der Waals surface area contributed by atoms with Crippen molar-refractivity contribution in [1.82, 2.24) is 20.2 Å². The van der Waals surface area contributed by atoms with Crippen LogP contribution in [0.3, 0.4) is 0 Å². The largest absolute Gasteiger partial charge is 0.351 e. The standard InChI is InChI=1S/C30H35FN6O/c1-36-17-23(31)16-24(36)18-38-30(11-12-32)19-33-13-14-37(30)29-27-10-9-22(15-28(27)34-20-35-29)26-8-4-6-21-5-2-3-7-25(21)26/h4,6,8-10,15,20,23-24,33H,2-3,5,7,11,13-14,16-19H2,1H3/t23-,24+,30?/m1/s1. The lowest BCUT2D eigenvalue weighted by molar-refractivity contribution is -0.0670. The number of benzene rings is 2. The lowest BCUT2D eigenvalue weighted by atomic mass is 9.86. The molecule has 3 atom stereocenters. The summed E-state index contributed by atoms with van der Waals surface area (Å²) < 4.78 is 20.6. The van der Waals surface area contributed by atoms with E-state index in [0.717, 1.165) is 36.1 Å². The summed E-state index contributed by atoms with van der Waals surface area (Å²) >= 11 is 0. The average molecular weight is 515 g/mol. The van der Waals surface area contributed by atoms with E-state index in [2.05, 4.69) is 57.7 Å². The SMILES string of the molecule is CN1C[C@H](F)C[C@H]1COC1(CC#N)CNCCN1c1ncnc2cc(-c3cccc4c3CCCC4)ccc12. The van der Waals surface area contributed by atoms with E-state index in [0.29, 0.717) is 32.7 Å². The van der Waals surface area contributed by atoms with Gasteiger partial charge in [-0.05, 0) is 73.5 Å². The molecule has 0 bridgehead atoms. The van der Waals surface area contributed by atoms with Gasteiger partial charge in [-0.25, -0.2) is 14.4 Å². The van der Waals surface area contributed by atoms with Gasteiger partial charge in [0.05, 0.1) is 24.6 Å². The maximum Gasteiger partial charge on any atom is 0.167 e. The number of nitrogens with zero attached hydrogens (tertiary/aromatic N) is 5. The Morgan fingerprint density at radius 1 is 1.21 bits per heavy atom. The Bertz CT molecular complexity index is 1360. The van der Waals surface area contributed by atoms with Crippen molar-refractivity contribution in [3.05, 3.63) is 53.9 Å². The van der Waals surface area contributed by atoms with E-state index >= 15 is 0 Å². The molecule has 2 saturated heterocycles.